The topological polar surface area (TPSA) is 26.3 Å². The fraction of sp³-hybridized carbons (Fsp3) is 0.800. The number of halogens is 14. The van der Waals surface area contributed by atoms with Crippen molar-refractivity contribution < 1.29 is 71.0 Å². The summed E-state index contributed by atoms with van der Waals surface area (Å²) in [4.78, 5) is 11.6. The Hall–Kier alpha value is -1.77. The lowest BCUT2D eigenvalue weighted by atomic mass is 9.37. The van der Waals surface area contributed by atoms with E-state index in [0.717, 1.165) is 0 Å². The maximum atomic E-state index is 15.4. The van der Waals surface area contributed by atoms with E-state index in [-0.39, 0.29) is 0 Å². The molecule has 4 saturated carbocycles. The van der Waals surface area contributed by atoms with Gasteiger partial charge in [0.2, 0.25) is 5.60 Å². The lowest BCUT2D eigenvalue weighted by Gasteiger charge is -2.75. The normalized spacial score (nSPS) is 49.5. The first-order valence-corrected chi connectivity index (χ1v) is 7.86. The highest BCUT2D eigenvalue weighted by molar-refractivity contribution is 5.87. The first-order valence-electron chi connectivity index (χ1n) is 7.86. The maximum Gasteiger partial charge on any atom is 0.339 e. The van der Waals surface area contributed by atoms with Crippen molar-refractivity contribution in [1.29, 1.82) is 0 Å². The molecule has 0 atom stereocenters. The van der Waals surface area contributed by atoms with Crippen molar-refractivity contribution in [2.45, 2.75) is 71.7 Å². The highest BCUT2D eigenvalue weighted by atomic mass is 19.3. The van der Waals surface area contributed by atoms with Gasteiger partial charge in [-0.3, -0.25) is 0 Å². The molecule has 0 aromatic heterocycles. The van der Waals surface area contributed by atoms with E-state index in [4.69, 9.17) is 0 Å². The summed E-state index contributed by atoms with van der Waals surface area (Å²) < 4.78 is 208. The van der Waals surface area contributed by atoms with Crippen LogP contribution in [0.15, 0.2) is 12.2 Å². The van der Waals surface area contributed by atoms with Crippen molar-refractivity contribution in [3.05, 3.63) is 12.2 Å². The first kappa shape index (κ1) is 23.9. The van der Waals surface area contributed by atoms with Crippen LogP contribution in [0.5, 0.6) is 0 Å². The summed E-state index contributed by atoms with van der Waals surface area (Å²) in [6.07, 6.45) is 0. The summed E-state index contributed by atoms with van der Waals surface area (Å²) in [5, 5.41) is 0. The molecular formula is C15H8F14O2. The molecule has 0 aromatic carbocycles. The molecule has 4 fully saturated rings. The second kappa shape index (κ2) is 4.92. The van der Waals surface area contributed by atoms with Gasteiger partial charge in [-0.15, -0.1) is 0 Å². The molecule has 4 aliphatic rings. The summed E-state index contributed by atoms with van der Waals surface area (Å²) >= 11 is 0. The van der Waals surface area contributed by atoms with Crippen molar-refractivity contribution in [3.8, 4) is 0 Å². The summed E-state index contributed by atoms with van der Waals surface area (Å²) in [6, 6.07) is 0. The zero-order valence-electron chi connectivity index (χ0n) is 14.8. The van der Waals surface area contributed by atoms with Gasteiger partial charge >= 0.3 is 46.9 Å². The highest BCUT2D eigenvalue weighted by Crippen LogP contribution is 2.88. The Bertz CT molecular complexity index is 819. The largest absolute Gasteiger partial charge is 0.448 e. The maximum absolute atomic E-state index is 15.4. The SMILES string of the molecule is C=C(C)C(=O)OC1(C)C2(F)C(F)(F)C3(F)C(F)(F)C(F)(C2(F)F)C(F)(F)C1(F)C3(F)F. The van der Waals surface area contributed by atoms with E-state index >= 15 is 8.78 Å². The van der Waals surface area contributed by atoms with Gasteiger partial charge in [0.1, 0.15) is 0 Å². The molecule has 16 heteroatoms. The van der Waals surface area contributed by atoms with E-state index in [0.29, 0.717) is 6.92 Å². The minimum atomic E-state index is -7.76. The molecule has 4 bridgehead atoms. The smallest absolute Gasteiger partial charge is 0.339 e. The minimum absolute atomic E-state index is 0.506. The summed E-state index contributed by atoms with van der Waals surface area (Å²) in [5.74, 6) is -40.3. The van der Waals surface area contributed by atoms with Crippen LogP contribution in [0.2, 0.25) is 0 Å². The van der Waals surface area contributed by atoms with E-state index in [1.165, 1.54) is 0 Å². The van der Waals surface area contributed by atoms with Crippen LogP contribution in [0.3, 0.4) is 0 Å². The molecule has 0 heterocycles. The summed E-state index contributed by atoms with van der Waals surface area (Å²) in [7, 11) is 0. The van der Waals surface area contributed by atoms with Crippen molar-refractivity contribution in [2.24, 2.45) is 0 Å². The Morgan fingerprint density at radius 3 is 1.03 bits per heavy atom. The third-order valence-electron chi connectivity index (χ3n) is 6.29. The second-order valence-electron chi connectivity index (χ2n) is 7.71. The van der Waals surface area contributed by atoms with Gasteiger partial charge in [-0.2, -0.15) is 43.9 Å². The van der Waals surface area contributed by atoms with Crippen LogP contribution < -0.4 is 0 Å². The molecule has 0 N–H and O–H groups in total. The van der Waals surface area contributed by atoms with Crippen LogP contribution in [0, 0.1) is 0 Å². The van der Waals surface area contributed by atoms with E-state index in [1.54, 1.807) is 0 Å². The quantitative estimate of drug-likeness (QED) is 0.315. The average molecular weight is 486 g/mol. The second-order valence-corrected chi connectivity index (χ2v) is 7.71. The number of ether oxygens (including phenoxy) is 1. The van der Waals surface area contributed by atoms with E-state index in [2.05, 4.69) is 11.3 Å². The van der Waals surface area contributed by atoms with Gasteiger partial charge in [-0.1, -0.05) is 6.58 Å². The van der Waals surface area contributed by atoms with Gasteiger partial charge in [0.25, 0.3) is 11.3 Å². The molecule has 0 unspecified atom stereocenters. The molecule has 0 aromatic rings. The molecule has 0 amide bonds. The van der Waals surface area contributed by atoms with E-state index in [9.17, 15) is 57.5 Å². The van der Waals surface area contributed by atoms with Crippen LogP contribution in [-0.2, 0) is 9.53 Å². The molecule has 4 aliphatic carbocycles. The van der Waals surface area contributed by atoms with Crippen LogP contribution >= 0.6 is 0 Å². The van der Waals surface area contributed by atoms with Crippen LogP contribution in [0.25, 0.3) is 0 Å². The Morgan fingerprint density at radius 2 is 0.806 bits per heavy atom. The predicted molar refractivity (Wildman–Crippen MR) is 69.4 cm³/mol. The van der Waals surface area contributed by atoms with Gasteiger partial charge in [-0.25, -0.2) is 22.4 Å². The van der Waals surface area contributed by atoms with Crippen LogP contribution in [0.1, 0.15) is 13.8 Å². The van der Waals surface area contributed by atoms with Crippen molar-refractivity contribution >= 4 is 5.97 Å². The van der Waals surface area contributed by atoms with Crippen molar-refractivity contribution in [3.63, 3.8) is 0 Å². The number of hydrogen-bond donors (Lipinski definition) is 0. The van der Waals surface area contributed by atoms with Gasteiger partial charge < -0.3 is 4.74 Å². The fourth-order valence-electron chi connectivity index (χ4n) is 4.61. The molecule has 31 heavy (non-hydrogen) atoms. The number of carbonyl (C=O) groups is 1. The van der Waals surface area contributed by atoms with Crippen molar-refractivity contribution in [1.82, 2.24) is 0 Å². The summed E-state index contributed by atoms with van der Waals surface area (Å²) in [5.41, 5.74) is -36.1. The Balaban J connectivity index is 2.65. The standard InChI is InChI=1S/C15H8F14O2/c1-4(2)5(30)31-6(3)7(16)11(20,21)9(18)13(24,25)8(6,17)14(26,27)10(19,12(7,22)23)15(9,28)29/h1H2,2-3H3. The van der Waals surface area contributed by atoms with Crippen molar-refractivity contribution in [2.75, 3.05) is 0 Å². The number of rotatable bonds is 2. The Kier molecular flexibility index (Phi) is 3.79. The third-order valence-corrected chi connectivity index (χ3v) is 6.29. The third kappa shape index (κ3) is 1.46. The zero-order valence-corrected chi connectivity index (χ0v) is 14.8. The van der Waals surface area contributed by atoms with Gasteiger partial charge in [-0.05, 0) is 13.8 Å². The van der Waals surface area contributed by atoms with E-state index < -0.39 is 76.4 Å². The first-order chi connectivity index (χ1) is 13.3. The molecular weight excluding hydrogens is 478 g/mol. The van der Waals surface area contributed by atoms with E-state index in [1.807, 2.05) is 0 Å². The Labute approximate surface area is 162 Å². The van der Waals surface area contributed by atoms with Crippen LogP contribution in [0.4, 0.5) is 61.5 Å². The number of esters is 1. The number of hydrogen-bond acceptors (Lipinski definition) is 2. The molecule has 2 nitrogen and oxygen atoms in total. The van der Waals surface area contributed by atoms with Gasteiger partial charge in [0, 0.05) is 5.57 Å². The average Bonchev–Trinajstić information content (AvgIpc) is 2.60. The summed E-state index contributed by atoms with van der Waals surface area (Å²) in [6.45, 7) is 2.19. The van der Waals surface area contributed by atoms with Crippen LogP contribution in [-0.4, -0.2) is 63.9 Å². The monoisotopic (exact) mass is 486 g/mol. The molecule has 4 rings (SSSR count). The Morgan fingerprint density at radius 1 is 0.581 bits per heavy atom. The minimum Gasteiger partial charge on any atom is -0.448 e. The van der Waals surface area contributed by atoms with Gasteiger partial charge in [0.15, 0.2) is 0 Å². The predicted octanol–water partition coefficient (Wildman–Crippen LogP) is 4.91. The fourth-order valence-corrected chi connectivity index (χ4v) is 4.61. The molecule has 0 spiro atoms. The number of alkyl halides is 14. The lowest BCUT2D eigenvalue weighted by molar-refractivity contribution is -0.598. The molecule has 178 valence electrons. The zero-order chi connectivity index (χ0) is 24.9. The molecule has 0 saturated heterocycles. The molecule has 0 aliphatic heterocycles. The van der Waals surface area contributed by atoms with Gasteiger partial charge in [0.05, 0.1) is 0 Å². The lowest BCUT2D eigenvalue weighted by Crippen LogP contribution is -3.09. The highest BCUT2D eigenvalue weighted by Gasteiger charge is 3.22. The number of carbonyl (C=O) groups excluding carboxylic acids is 1. The molecule has 0 radical (unpaired) electrons.